The van der Waals surface area contributed by atoms with Crippen LogP contribution in [0.5, 0.6) is 5.75 Å². The smallest absolute Gasteiger partial charge is 0.265 e. The average molecular weight is 383 g/mol. The van der Waals surface area contributed by atoms with Crippen molar-refractivity contribution in [2.75, 3.05) is 22.1 Å². The van der Waals surface area contributed by atoms with Gasteiger partial charge in [-0.15, -0.1) is 0 Å². The van der Waals surface area contributed by atoms with Gasteiger partial charge < -0.3 is 20.3 Å². The molecule has 0 spiro atoms. The second-order valence-corrected chi connectivity index (χ2v) is 6.81. The first kappa shape index (κ1) is 18.0. The van der Waals surface area contributed by atoms with E-state index < -0.39 is 17.8 Å². The highest BCUT2D eigenvalue weighted by Crippen LogP contribution is 2.33. The predicted octanol–water partition coefficient (Wildman–Crippen LogP) is 2.54. The van der Waals surface area contributed by atoms with Gasteiger partial charge in [0.15, 0.2) is 6.10 Å². The first-order valence-electron chi connectivity index (χ1n) is 8.89. The summed E-state index contributed by atoms with van der Waals surface area (Å²) in [4.78, 5) is 37.9. The molecule has 2 aromatic rings. The standard InChI is InChI=1S/C20H18FN3O4/c1-11-19(26)23-15-9-13(6-7-17(15)28-11)22-20(27)12-8-18(25)24(10-12)16-5-3-2-4-14(16)21/h2-7,9,11-12H,8,10H2,1H3,(H,22,27)(H,23,26)/t11-,12+/m0/s1. The van der Waals surface area contributed by atoms with Gasteiger partial charge in [-0.25, -0.2) is 4.39 Å². The monoisotopic (exact) mass is 383 g/mol. The molecule has 2 aliphatic heterocycles. The topological polar surface area (TPSA) is 87.7 Å². The number of halogens is 1. The maximum atomic E-state index is 14.0. The zero-order valence-corrected chi connectivity index (χ0v) is 15.1. The van der Waals surface area contributed by atoms with Crippen LogP contribution in [0.25, 0.3) is 0 Å². The number of carbonyl (C=O) groups excluding carboxylic acids is 3. The van der Waals surface area contributed by atoms with Crippen LogP contribution in [-0.2, 0) is 14.4 Å². The summed E-state index contributed by atoms with van der Waals surface area (Å²) in [6.45, 7) is 1.75. The highest BCUT2D eigenvalue weighted by atomic mass is 19.1. The molecule has 0 radical (unpaired) electrons. The molecule has 0 aliphatic carbocycles. The Morgan fingerprint density at radius 1 is 1.25 bits per heavy atom. The third-order valence-corrected chi connectivity index (χ3v) is 4.82. The van der Waals surface area contributed by atoms with Gasteiger partial charge in [0, 0.05) is 18.7 Å². The highest BCUT2D eigenvalue weighted by Gasteiger charge is 2.36. The Morgan fingerprint density at radius 3 is 2.82 bits per heavy atom. The van der Waals surface area contributed by atoms with Gasteiger partial charge in [0.05, 0.1) is 17.3 Å². The zero-order valence-electron chi connectivity index (χ0n) is 15.1. The predicted molar refractivity (Wildman–Crippen MR) is 101 cm³/mol. The maximum absolute atomic E-state index is 14.0. The molecule has 7 nitrogen and oxygen atoms in total. The van der Waals surface area contributed by atoms with Crippen LogP contribution >= 0.6 is 0 Å². The molecule has 2 N–H and O–H groups in total. The Balaban J connectivity index is 1.46. The first-order valence-corrected chi connectivity index (χ1v) is 8.89. The van der Waals surface area contributed by atoms with E-state index in [1.54, 1.807) is 37.3 Å². The number of hydrogen-bond donors (Lipinski definition) is 2. The van der Waals surface area contributed by atoms with Crippen molar-refractivity contribution in [3.63, 3.8) is 0 Å². The fraction of sp³-hybridized carbons (Fsp3) is 0.250. The highest BCUT2D eigenvalue weighted by molar-refractivity contribution is 6.04. The molecule has 8 heteroatoms. The molecule has 0 aromatic heterocycles. The fourth-order valence-corrected chi connectivity index (χ4v) is 3.32. The number of ether oxygens (including phenoxy) is 1. The van der Waals surface area contributed by atoms with E-state index in [2.05, 4.69) is 10.6 Å². The minimum atomic E-state index is -0.603. The minimum absolute atomic E-state index is 0.00245. The number of benzene rings is 2. The molecule has 1 fully saturated rings. The van der Waals surface area contributed by atoms with Gasteiger partial charge in [-0.3, -0.25) is 14.4 Å². The molecule has 2 heterocycles. The van der Waals surface area contributed by atoms with Crippen LogP contribution in [0.15, 0.2) is 42.5 Å². The van der Waals surface area contributed by atoms with Crippen molar-refractivity contribution < 1.29 is 23.5 Å². The lowest BCUT2D eigenvalue weighted by Crippen LogP contribution is -2.34. The molecule has 0 unspecified atom stereocenters. The van der Waals surface area contributed by atoms with E-state index in [9.17, 15) is 18.8 Å². The molecular formula is C20H18FN3O4. The second-order valence-electron chi connectivity index (χ2n) is 6.81. The lowest BCUT2D eigenvalue weighted by atomic mass is 10.1. The van der Waals surface area contributed by atoms with Crippen molar-refractivity contribution in [2.45, 2.75) is 19.4 Å². The number of para-hydroxylation sites is 1. The van der Waals surface area contributed by atoms with Crippen molar-refractivity contribution >= 4 is 34.8 Å². The van der Waals surface area contributed by atoms with E-state index in [0.717, 1.165) is 0 Å². The van der Waals surface area contributed by atoms with Gasteiger partial charge in [0.25, 0.3) is 5.91 Å². The SMILES string of the molecule is C[C@@H]1Oc2ccc(NC(=O)[C@@H]3CC(=O)N(c4ccccc4F)C3)cc2NC1=O. The van der Waals surface area contributed by atoms with Crippen LogP contribution in [-0.4, -0.2) is 30.4 Å². The molecule has 144 valence electrons. The van der Waals surface area contributed by atoms with E-state index in [-0.39, 0.29) is 36.4 Å². The molecule has 3 amide bonds. The zero-order chi connectivity index (χ0) is 19.8. The van der Waals surface area contributed by atoms with Gasteiger partial charge in [-0.2, -0.15) is 0 Å². The van der Waals surface area contributed by atoms with E-state index in [1.165, 1.54) is 17.0 Å². The van der Waals surface area contributed by atoms with Gasteiger partial charge in [-0.05, 0) is 37.3 Å². The molecule has 0 saturated carbocycles. The molecule has 2 aromatic carbocycles. The van der Waals surface area contributed by atoms with Crippen molar-refractivity contribution in [2.24, 2.45) is 5.92 Å². The summed E-state index contributed by atoms with van der Waals surface area (Å²) in [5, 5.41) is 5.46. The van der Waals surface area contributed by atoms with Crippen LogP contribution in [0.3, 0.4) is 0 Å². The maximum Gasteiger partial charge on any atom is 0.265 e. The van der Waals surface area contributed by atoms with Crippen molar-refractivity contribution in [1.29, 1.82) is 0 Å². The average Bonchev–Trinajstić information content (AvgIpc) is 3.05. The Morgan fingerprint density at radius 2 is 2.04 bits per heavy atom. The number of fused-ring (bicyclic) bond motifs is 1. The van der Waals surface area contributed by atoms with Crippen LogP contribution in [0.2, 0.25) is 0 Å². The minimum Gasteiger partial charge on any atom is -0.479 e. The molecule has 1 saturated heterocycles. The molecule has 0 bridgehead atoms. The summed E-state index contributed by atoms with van der Waals surface area (Å²) in [6.07, 6.45) is -0.579. The lowest BCUT2D eigenvalue weighted by Gasteiger charge is -2.24. The molecule has 28 heavy (non-hydrogen) atoms. The molecular weight excluding hydrogens is 365 g/mol. The number of nitrogens with zero attached hydrogens (tertiary/aromatic N) is 1. The number of hydrogen-bond acceptors (Lipinski definition) is 4. The van der Waals surface area contributed by atoms with E-state index >= 15 is 0 Å². The number of amides is 3. The fourth-order valence-electron chi connectivity index (χ4n) is 3.32. The van der Waals surface area contributed by atoms with Crippen molar-refractivity contribution in [1.82, 2.24) is 0 Å². The molecule has 2 aliphatic rings. The van der Waals surface area contributed by atoms with Crippen LogP contribution < -0.4 is 20.3 Å². The van der Waals surface area contributed by atoms with Crippen LogP contribution in [0, 0.1) is 11.7 Å². The normalized spacial score (nSPS) is 21.0. The van der Waals surface area contributed by atoms with E-state index in [1.807, 2.05) is 0 Å². The Kier molecular flexibility index (Phi) is 4.46. The van der Waals surface area contributed by atoms with E-state index in [0.29, 0.717) is 17.1 Å². The Bertz CT molecular complexity index is 978. The van der Waals surface area contributed by atoms with E-state index in [4.69, 9.17) is 4.74 Å². The first-order chi connectivity index (χ1) is 13.4. The van der Waals surface area contributed by atoms with Crippen molar-refractivity contribution in [3.8, 4) is 5.75 Å². The van der Waals surface area contributed by atoms with Gasteiger partial charge in [0.1, 0.15) is 11.6 Å². The third kappa shape index (κ3) is 3.28. The summed E-state index contributed by atoms with van der Waals surface area (Å²) < 4.78 is 19.4. The van der Waals surface area contributed by atoms with Crippen LogP contribution in [0.4, 0.5) is 21.5 Å². The number of nitrogens with one attached hydrogen (secondary N) is 2. The summed E-state index contributed by atoms with van der Waals surface area (Å²) >= 11 is 0. The number of carbonyl (C=O) groups is 3. The Hall–Kier alpha value is -3.42. The summed E-state index contributed by atoms with van der Waals surface area (Å²) in [7, 11) is 0. The third-order valence-electron chi connectivity index (χ3n) is 4.82. The lowest BCUT2D eigenvalue weighted by molar-refractivity contribution is -0.122. The molecule has 4 rings (SSSR count). The molecule has 2 atom stereocenters. The summed E-state index contributed by atoms with van der Waals surface area (Å²) in [5.41, 5.74) is 1.11. The van der Waals surface area contributed by atoms with Gasteiger partial charge in [0.2, 0.25) is 11.8 Å². The summed E-state index contributed by atoms with van der Waals surface area (Å²) in [6, 6.07) is 10.9. The number of rotatable bonds is 3. The van der Waals surface area contributed by atoms with Crippen LogP contribution in [0.1, 0.15) is 13.3 Å². The summed E-state index contributed by atoms with van der Waals surface area (Å²) in [5.74, 6) is -1.50. The Labute approximate surface area is 160 Å². The van der Waals surface area contributed by atoms with Gasteiger partial charge in [-0.1, -0.05) is 12.1 Å². The second kappa shape index (κ2) is 6.95. The quantitative estimate of drug-likeness (QED) is 0.853. The van der Waals surface area contributed by atoms with Crippen molar-refractivity contribution in [3.05, 3.63) is 48.3 Å². The number of anilines is 3. The van der Waals surface area contributed by atoms with Gasteiger partial charge >= 0.3 is 0 Å². The largest absolute Gasteiger partial charge is 0.479 e.